The number of aliphatic hydroxyl groups is 1. The van der Waals surface area contributed by atoms with Crippen LogP contribution in [0.1, 0.15) is 38.3 Å². The summed E-state index contributed by atoms with van der Waals surface area (Å²) in [5.74, 6) is 0.452. The number of hydrogen-bond donors (Lipinski definition) is 1. The average Bonchev–Trinajstić information content (AvgIpc) is 2.81. The molecule has 1 aromatic rings. The zero-order valence-corrected chi connectivity index (χ0v) is 10.8. The highest BCUT2D eigenvalue weighted by atomic mass is 16.3. The second-order valence-corrected chi connectivity index (χ2v) is 5.12. The van der Waals surface area contributed by atoms with Crippen molar-refractivity contribution in [3.05, 3.63) is 35.9 Å². The Kier molecular flexibility index (Phi) is 4.19. The van der Waals surface area contributed by atoms with Crippen LogP contribution in [0.3, 0.4) is 0 Å². The van der Waals surface area contributed by atoms with E-state index in [4.69, 9.17) is 0 Å². The van der Waals surface area contributed by atoms with Crippen LogP contribution in [0.25, 0.3) is 0 Å². The SMILES string of the molecule is CCC(c1ccccc1)N1CCC(C(C)O)C1. The molecule has 3 atom stereocenters. The molecule has 1 aliphatic rings. The van der Waals surface area contributed by atoms with Gasteiger partial charge in [-0.1, -0.05) is 37.3 Å². The van der Waals surface area contributed by atoms with Gasteiger partial charge in [0.05, 0.1) is 6.10 Å². The fourth-order valence-corrected chi connectivity index (χ4v) is 2.87. The van der Waals surface area contributed by atoms with Gasteiger partial charge in [-0.05, 0) is 37.8 Å². The van der Waals surface area contributed by atoms with Crippen molar-refractivity contribution >= 4 is 0 Å². The van der Waals surface area contributed by atoms with Crippen LogP contribution < -0.4 is 0 Å². The van der Waals surface area contributed by atoms with E-state index in [1.54, 1.807) is 0 Å². The first-order chi connectivity index (χ1) is 8.22. The van der Waals surface area contributed by atoms with E-state index in [2.05, 4.69) is 42.2 Å². The van der Waals surface area contributed by atoms with Crippen molar-refractivity contribution in [2.75, 3.05) is 13.1 Å². The molecule has 0 aromatic heterocycles. The maximum absolute atomic E-state index is 9.67. The highest BCUT2D eigenvalue weighted by Gasteiger charge is 2.30. The lowest BCUT2D eigenvalue weighted by Crippen LogP contribution is -2.28. The molecular formula is C15H23NO. The normalized spacial score (nSPS) is 24.8. The number of nitrogens with zero attached hydrogens (tertiary/aromatic N) is 1. The molecule has 1 N–H and O–H groups in total. The number of hydrogen-bond acceptors (Lipinski definition) is 2. The summed E-state index contributed by atoms with van der Waals surface area (Å²) in [6.45, 7) is 6.30. The molecule has 0 spiro atoms. The molecule has 0 amide bonds. The van der Waals surface area contributed by atoms with Gasteiger partial charge in [0.1, 0.15) is 0 Å². The Morgan fingerprint density at radius 3 is 2.59 bits per heavy atom. The van der Waals surface area contributed by atoms with E-state index in [1.807, 2.05) is 6.92 Å². The van der Waals surface area contributed by atoms with Gasteiger partial charge < -0.3 is 5.11 Å². The van der Waals surface area contributed by atoms with Crippen molar-refractivity contribution in [2.24, 2.45) is 5.92 Å². The number of likely N-dealkylation sites (tertiary alicyclic amines) is 1. The average molecular weight is 233 g/mol. The van der Waals surface area contributed by atoms with Crippen molar-refractivity contribution in [3.63, 3.8) is 0 Å². The van der Waals surface area contributed by atoms with Crippen LogP contribution in [0.15, 0.2) is 30.3 Å². The summed E-state index contributed by atoms with van der Waals surface area (Å²) in [5, 5.41) is 9.67. The lowest BCUT2D eigenvalue weighted by molar-refractivity contribution is 0.121. The first-order valence-corrected chi connectivity index (χ1v) is 6.69. The first kappa shape index (κ1) is 12.6. The Hall–Kier alpha value is -0.860. The van der Waals surface area contributed by atoms with Gasteiger partial charge in [0.25, 0.3) is 0 Å². The Morgan fingerprint density at radius 1 is 1.35 bits per heavy atom. The second-order valence-electron chi connectivity index (χ2n) is 5.12. The van der Waals surface area contributed by atoms with Gasteiger partial charge in [0.2, 0.25) is 0 Å². The van der Waals surface area contributed by atoms with Gasteiger partial charge in [0, 0.05) is 12.6 Å². The first-order valence-electron chi connectivity index (χ1n) is 6.69. The van der Waals surface area contributed by atoms with Gasteiger partial charge >= 0.3 is 0 Å². The molecule has 1 aromatic carbocycles. The van der Waals surface area contributed by atoms with E-state index >= 15 is 0 Å². The summed E-state index contributed by atoms with van der Waals surface area (Å²) < 4.78 is 0. The minimum atomic E-state index is -0.173. The summed E-state index contributed by atoms with van der Waals surface area (Å²) >= 11 is 0. The third-order valence-corrected chi connectivity index (χ3v) is 3.95. The van der Waals surface area contributed by atoms with E-state index < -0.39 is 0 Å². The van der Waals surface area contributed by atoms with Crippen molar-refractivity contribution in [1.82, 2.24) is 4.90 Å². The minimum Gasteiger partial charge on any atom is -0.393 e. The van der Waals surface area contributed by atoms with Crippen molar-refractivity contribution in [2.45, 2.75) is 38.8 Å². The van der Waals surface area contributed by atoms with E-state index in [0.29, 0.717) is 12.0 Å². The topological polar surface area (TPSA) is 23.5 Å². The zero-order valence-electron chi connectivity index (χ0n) is 10.8. The monoisotopic (exact) mass is 233 g/mol. The van der Waals surface area contributed by atoms with Crippen LogP contribution in [0.4, 0.5) is 0 Å². The summed E-state index contributed by atoms with van der Waals surface area (Å²) in [5.41, 5.74) is 1.40. The van der Waals surface area contributed by atoms with Crippen LogP contribution in [0.2, 0.25) is 0 Å². The molecule has 17 heavy (non-hydrogen) atoms. The molecule has 0 aliphatic carbocycles. The van der Waals surface area contributed by atoms with Crippen molar-refractivity contribution < 1.29 is 5.11 Å². The molecule has 2 heteroatoms. The van der Waals surface area contributed by atoms with Gasteiger partial charge in [-0.25, -0.2) is 0 Å². The standard InChI is InChI=1S/C15H23NO/c1-3-15(13-7-5-4-6-8-13)16-10-9-14(11-16)12(2)17/h4-8,12,14-15,17H,3,9-11H2,1-2H3. The maximum atomic E-state index is 9.67. The molecule has 0 saturated carbocycles. The van der Waals surface area contributed by atoms with Crippen LogP contribution in [0, 0.1) is 5.92 Å². The van der Waals surface area contributed by atoms with Crippen LogP contribution in [-0.2, 0) is 0 Å². The highest BCUT2D eigenvalue weighted by molar-refractivity contribution is 5.19. The third kappa shape index (κ3) is 2.88. The molecular weight excluding hydrogens is 210 g/mol. The largest absolute Gasteiger partial charge is 0.393 e. The molecule has 2 nitrogen and oxygen atoms in total. The van der Waals surface area contributed by atoms with Gasteiger partial charge in [0.15, 0.2) is 0 Å². The lowest BCUT2D eigenvalue weighted by atomic mass is 10.0. The fraction of sp³-hybridized carbons (Fsp3) is 0.600. The Labute approximate surface area is 104 Å². The summed E-state index contributed by atoms with van der Waals surface area (Å²) in [7, 11) is 0. The second kappa shape index (κ2) is 5.65. The van der Waals surface area contributed by atoms with Crippen molar-refractivity contribution in [3.8, 4) is 0 Å². The van der Waals surface area contributed by atoms with E-state index in [9.17, 15) is 5.11 Å². The number of rotatable bonds is 4. The Balaban J connectivity index is 2.06. The van der Waals surface area contributed by atoms with Crippen LogP contribution in [-0.4, -0.2) is 29.2 Å². The summed E-state index contributed by atoms with van der Waals surface area (Å²) in [6, 6.07) is 11.2. The zero-order chi connectivity index (χ0) is 12.3. The smallest absolute Gasteiger partial charge is 0.0552 e. The fourth-order valence-electron chi connectivity index (χ4n) is 2.87. The van der Waals surface area contributed by atoms with E-state index in [-0.39, 0.29) is 6.10 Å². The van der Waals surface area contributed by atoms with Gasteiger partial charge in [-0.15, -0.1) is 0 Å². The molecule has 0 bridgehead atoms. The number of benzene rings is 1. The van der Waals surface area contributed by atoms with Crippen LogP contribution in [0.5, 0.6) is 0 Å². The predicted molar refractivity (Wildman–Crippen MR) is 70.8 cm³/mol. The lowest BCUT2D eigenvalue weighted by Gasteiger charge is -2.27. The molecule has 3 unspecified atom stereocenters. The van der Waals surface area contributed by atoms with Crippen LogP contribution >= 0.6 is 0 Å². The quantitative estimate of drug-likeness (QED) is 0.864. The highest BCUT2D eigenvalue weighted by Crippen LogP contribution is 2.30. The van der Waals surface area contributed by atoms with E-state index in [0.717, 1.165) is 25.9 Å². The molecule has 94 valence electrons. The minimum absolute atomic E-state index is 0.173. The van der Waals surface area contributed by atoms with Crippen molar-refractivity contribution in [1.29, 1.82) is 0 Å². The summed E-state index contributed by atoms with van der Waals surface area (Å²) in [4.78, 5) is 2.52. The van der Waals surface area contributed by atoms with E-state index in [1.165, 1.54) is 5.56 Å². The Morgan fingerprint density at radius 2 is 2.06 bits per heavy atom. The molecule has 0 radical (unpaired) electrons. The molecule has 1 fully saturated rings. The van der Waals surface area contributed by atoms with Gasteiger partial charge in [-0.2, -0.15) is 0 Å². The van der Waals surface area contributed by atoms with Gasteiger partial charge in [-0.3, -0.25) is 4.90 Å². The Bertz CT molecular complexity index is 336. The predicted octanol–water partition coefficient (Wildman–Crippen LogP) is 2.84. The molecule has 2 rings (SSSR count). The molecule has 1 saturated heterocycles. The maximum Gasteiger partial charge on any atom is 0.0552 e. The molecule has 1 heterocycles. The molecule has 1 aliphatic heterocycles. The third-order valence-electron chi connectivity index (χ3n) is 3.95. The summed E-state index contributed by atoms with van der Waals surface area (Å²) in [6.07, 6.45) is 2.09. The number of aliphatic hydroxyl groups excluding tert-OH is 1.